The number of methoxy groups -OCH3 is 1. The number of carbonyl (C=O) groups is 1. The van der Waals surface area contributed by atoms with Crippen LogP contribution in [0.5, 0.6) is 5.75 Å². The molecule has 2 aromatic carbocycles. The van der Waals surface area contributed by atoms with Crippen LogP contribution in [-0.2, 0) is 6.54 Å². The lowest BCUT2D eigenvalue weighted by molar-refractivity contribution is 0.0955. The maximum Gasteiger partial charge on any atom is 0.261 e. The average molecular weight is 397 g/mol. The molecule has 0 saturated heterocycles. The molecule has 0 bridgehead atoms. The molecule has 27 heavy (non-hydrogen) atoms. The minimum atomic E-state index is -0.129. The van der Waals surface area contributed by atoms with Crippen LogP contribution in [0.25, 0.3) is 21.0 Å². The van der Waals surface area contributed by atoms with E-state index in [-0.39, 0.29) is 5.91 Å². The molecule has 1 N–H and O–H groups in total. The van der Waals surface area contributed by atoms with Gasteiger partial charge in [-0.05, 0) is 42.8 Å². The Morgan fingerprint density at radius 3 is 2.85 bits per heavy atom. The van der Waals surface area contributed by atoms with Gasteiger partial charge in [-0.3, -0.25) is 4.79 Å². The molecule has 0 unspecified atom stereocenters. The number of aromatic nitrogens is 1. The molecule has 0 aliphatic rings. The fourth-order valence-electron chi connectivity index (χ4n) is 3.00. The van der Waals surface area contributed by atoms with E-state index in [0.717, 1.165) is 37.9 Å². The third-order valence-corrected chi connectivity index (χ3v) is 5.84. The lowest BCUT2D eigenvalue weighted by atomic mass is 10.1. The van der Waals surface area contributed by atoms with Gasteiger partial charge in [0.05, 0.1) is 17.5 Å². The summed E-state index contributed by atoms with van der Waals surface area (Å²) in [6, 6.07) is 15.5. The molecule has 136 valence electrons. The second-order valence-electron chi connectivity index (χ2n) is 6.31. The van der Waals surface area contributed by atoms with E-state index < -0.39 is 0 Å². The SMILES string of the molecule is COc1cccc(CNC(=O)c2cc3c(Cl)nc4ccc(C)cc4c3s2)c1. The minimum Gasteiger partial charge on any atom is -0.497 e. The van der Waals surface area contributed by atoms with Gasteiger partial charge in [-0.1, -0.05) is 35.4 Å². The summed E-state index contributed by atoms with van der Waals surface area (Å²) in [5, 5.41) is 5.21. The number of nitrogens with one attached hydrogen (secondary N) is 1. The summed E-state index contributed by atoms with van der Waals surface area (Å²) in [5.74, 6) is 0.638. The number of nitrogens with zero attached hydrogens (tertiary/aromatic N) is 1. The Balaban J connectivity index is 1.65. The molecule has 0 fully saturated rings. The van der Waals surface area contributed by atoms with Gasteiger partial charge in [-0.25, -0.2) is 4.98 Å². The van der Waals surface area contributed by atoms with Crippen LogP contribution in [0.2, 0.25) is 5.15 Å². The van der Waals surface area contributed by atoms with Crippen LogP contribution in [0.15, 0.2) is 48.5 Å². The number of hydrogen-bond acceptors (Lipinski definition) is 4. The van der Waals surface area contributed by atoms with Gasteiger partial charge in [-0.15, -0.1) is 11.3 Å². The molecule has 1 amide bonds. The monoisotopic (exact) mass is 396 g/mol. The number of thiophene rings is 1. The number of pyridine rings is 1. The van der Waals surface area contributed by atoms with E-state index in [0.29, 0.717) is 16.6 Å². The van der Waals surface area contributed by atoms with Gasteiger partial charge in [0, 0.05) is 22.0 Å². The molecule has 0 radical (unpaired) electrons. The highest BCUT2D eigenvalue weighted by Gasteiger charge is 2.15. The van der Waals surface area contributed by atoms with Gasteiger partial charge in [0.15, 0.2) is 0 Å². The number of benzene rings is 2. The topological polar surface area (TPSA) is 51.2 Å². The zero-order chi connectivity index (χ0) is 19.0. The van der Waals surface area contributed by atoms with Crippen molar-refractivity contribution < 1.29 is 9.53 Å². The van der Waals surface area contributed by atoms with Crippen LogP contribution in [0, 0.1) is 6.92 Å². The summed E-state index contributed by atoms with van der Waals surface area (Å²) in [6.07, 6.45) is 0. The summed E-state index contributed by atoms with van der Waals surface area (Å²) in [6.45, 7) is 2.46. The maximum atomic E-state index is 12.7. The number of halogens is 1. The first-order valence-electron chi connectivity index (χ1n) is 8.45. The largest absolute Gasteiger partial charge is 0.497 e. The molecule has 0 saturated carbocycles. The van der Waals surface area contributed by atoms with E-state index >= 15 is 0 Å². The highest BCUT2D eigenvalue weighted by atomic mass is 35.5. The molecule has 4 aromatic rings. The Hall–Kier alpha value is -2.63. The molecule has 2 heterocycles. The van der Waals surface area contributed by atoms with Crippen molar-refractivity contribution in [2.75, 3.05) is 7.11 Å². The normalized spacial score (nSPS) is 11.1. The maximum absolute atomic E-state index is 12.7. The van der Waals surface area contributed by atoms with Crippen molar-refractivity contribution in [1.29, 1.82) is 0 Å². The van der Waals surface area contributed by atoms with Crippen LogP contribution in [-0.4, -0.2) is 18.0 Å². The van der Waals surface area contributed by atoms with Gasteiger partial charge in [0.1, 0.15) is 10.9 Å². The fraction of sp³-hybridized carbons (Fsp3) is 0.143. The van der Waals surface area contributed by atoms with Crippen molar-refractivity contribution in [3.8, 4) is 5.75 Å². The summed E-state index contributed by atoms with van der Waals surface area (Å²) in [5.41, 5.74) is 2.96. The molecule has 4 rings (SSSR count). The van der Waals surface area contributed by atoms with Crippen LogP contribution in [0.3, 0.4) is 0 Å². The molecule has 0 atom stereocenters. The molecular weight excluding hydrogens is 380 g/mol. The first-order valence-corrected chi connectivity index (χ1v) is 9.65. The minimum absolute atomic E-state index is 0.129. The second kappa shape index (κ2) is 7.18. The van der Waals surface area contributed by atoms with Crippen molar-refractivity contribution in [2.24, 2.45) is 0 Å². The second-order valence-corrected chi connectivity index (χ2v) is 7.72. The van der Waals surface area contributed by atoms with E-state index in [4.69, 9.17) is 16.3 Å². The van der Waals surface area contributed by atoms with Crippen LogP contribution >= 0.6 is 22.9 Å². The lowest BCUT2D eigenvalue weighted by Gasteiger charge is -2.05. The number of rotatable bonds is 4. The summed E-state index contributed by atoms with van der Waals surface area (Å²) >= 11 is 7.79. The van der Waals surface area contributed by atoms with Crippen LogP contribution < -0.4 is 10.1 Å². The molecular formula is C21H17ClN2O2S. The van der Waals surface area contributed by atoms with Gasteiger partial charge < -0.3 is 10.1 Å². The van der Waals surface area contributed by atoms with Crippen molar-refractivity contribution in [1.82, 2.24) is 10.3 Å². The Bertz CT molecular complexity index is 1170. The van der Waals surface area contributed by atoms with E-state index in [2.05, 4.69) is 16.4 Å². The smallest absolute Gasteiger partial charge is 0.261 e. The molecule has 0 aliphatic carbocycles. The van der Waals surface area contributed by atoms with Gasteiger partial charge >= 0.3 is 0 Å². The zero-order valence-corrected chi connectivity index (χ0v) is 16.4. The summed E-state index contributed by atoms with van der Waals surface area (Å²) in [4.78, 5) is 17.7. The van der Waals surface area contributed by atoms with Crippen molar-refractivity contribution in [3.63, 3.8) is 0 Å². The number of fused-ring (bicyclic) bond motifs is 3. The highest BCUT2D eigenvalue weighted by molar-refractivity contribution is 7.21. The first-order chi connectivity index (χ1) is 13.0. The first kappa shape index (κ1) is 17.8. The Morgan fingerprint density at radius 1 is 1.19 bits per heavy atom. The molecule has 4 nitrogen and oxygen atoms in total. The van der Waals surface area contributed by atoms with E-state index in [1.807, 2.05) is 49.4 Å². The Morgan fingerprint density at radius 2 is 2.04 bits per heavy atom. The lowest BCUT2D eigenvalue weighted by Crippen LogP contribution is -2.21. The van der Waals surface area contributed by atoms with Gasteiger partial charge in [-0.2, -0.15) is 0 Å². The number of hydrogen-bond donors (Lipinski definition) is 1. The van der Waals surface area contributed by atoms with Crippen molar-refractivity contribution in [2.45, 2.75) is 13.5 Å². The summed E-state index contributed by atoms with van der Waals surface area (Å²) in [7, 11) is 1.62. The third kappa shape index (κ3) is 3.48. The number of ether oxygens (including phenoxy) is 1. The van der Waals surface area contributed by atoms with Crippen LogP contribution in [0.1, 0.15) is 20.8 Å². The zero-order valence-electron chi connectivity index (χ0n) is 14.9. The third-order valence-electron chi connectivity index (χ3n) is 4.38. The van der Waals surface area contributed by atoms with E-state index in [9.17, 15) is 4.79 Å². The molecule has 2 aromatic heterocycles. The molecule has 6 heteroatoms. The van der Waals surface area contributed by atoms with Gasteiger partial charge in [0.2, 0.25) is 0 Å². The fourth-order valence-corrected chi connectivity index (χ4v) is 4.40. The number of aryl methyl sites for hydroxylation is 1. The van der Waals surface area contributed by atoms with E-state index in [1.165, 1.54) is 11.3 Å². The predicted octanol–water partition coefficient (Wildman–Crippen LogP) is 5.35. The number of amides is 1. The Kier molecular flexibility index (Phi) is 4.72. The van der Waals surface area contributed by atoms with E-state index in [1.54, 1.807) is 7.11 Å². The van der Waals surface area contributed by atoms with Crippen molar-refractivity contribution in [3.05, 3.63) is 69.7 Å². The predicted molar refractivity (Wildman–Crippen MR) is 111 cm³/mol. The van der Waals surface area contributed by atoms with Crippen molar-refractivity contribution >= 4 is 49.8 Å². The summed E-state index contributed by atoms with van der Waals surface area (Å²) < 4.78 is 6.20. The standard InChI is InChI=1S/C21H17ClN2O2S/c1-12-6-7-17-15(8-12)19-16(20(22)24-17)10-18(27-19)21(25)23-11-13-4-3-5-14(9-13)26-2/h3-10H,11H2,1-2H3,(H,23,25). The average Bonchev–Trinajstić information content (AvgIpc) is 3.13. The van der Waals surface area contributed by atoms with Gasteiger partial charge in [0.25, 0.3) is 5.91 Å². The molecule has 0 spiro atoms. The van der Waals surface area contributed by atoms with Crippen LogP contribution in [0.4, 0.5) is 0 Å². The quantitative estimate of drug-likeness (QED) is 0.473. The highest BCUT2D eigenvalue weighted by Crippen LogP contribution is 2.36. The number of carbonyl (C=O) groups excluding carboxylic acids is 1. The molecule has 0 aliphatic heterocycles. The Labute approximate surface area is 165 Å².